The second kappa shape index (κ2) is 6.10. The number of likely N-dealkylation sites (tertiary alicyclic amines) is 1. The summed E-state index contributed by atoms with van der Waals surface area (Å²) in [5.74, 6) is -0.291. The van der Waals surface area contributed by atoms with Crippen LogP contribution in [0.3, 0.4) is 0 Å². The zero-order chi connectivity index (χ0) is 15.7. The average molecular weight is 308 g/mol. The van der Waals surface area contributed by atoms with Crippen molar-refractivity contribution in [2.45, 2.75) is 38.5 Å². The predicted octanol–water partition coefficient (Wildman–Crippen LogP) is 1.95. The molecule has 3 rings (SSSR count). The van der Waals surface area contributed by atoms with E-state index in [4.69, 9.17) is 0 Å². The second-order valence-corrected chi connectivity index (χ2v) is 5.56. The van der Waals surface area contributed by atoms with Crippen LogP contribution in [0, 0.1) is 11.6 Å². The molecule has 1 fully saturated rings. The Labute approximate surface area is 127 Å². The lowest BCUT2D eigenvalue weighted by molar-refractivity contribution is 0.171. The number of nitrogens with one attached hydrogen (secondary N) is 1. The molecular weight excluding hydrogens is 290 g/mol. The van der Waals surface area contributed by atoms with Gasteiger partial charge in [-0.3, -0.25) is 10.00 Å². The SMILES string of the molecule is CCc1n[nH]c(CN2C[C@@H](O)C[C@H]2c2ccc(F)c(F)c2)n1. The lowest BCUT2D eigenvalue weighted by Gasteiger charge is -2.23. The number of H-pyrrole nitrogens is 1. The van der Waals surface area contributed by atoms with Crippen LogP contribution < -0.4 is 0 Å². The summed E-state index contributed by atoms with van der Waals surface area (Å²) < 4.78 is 26.5. The molecule has 2 heterocycles. The molecule has 118 valence electrons. The lowest BCUT2D eigenvalue weighted by atomic mass is 10.0. The molecular formula is C15H18F2N4O. The van der Waals surface area contributed by atoms with Crippen molar-refractivity contribution < 1.29 is 13.9 Å². The van der Waals surface area contributed by atoms with Gasteiger partial charge in [0.15, 0.2) is 11.6 Å². The van der Waals surface area contributed by atoms with E-state index in [0.29, 0.717) is 30.9 Å². The fraction of sp³-hybridized carbons (Fsp3) is 0.467. The quantitative estimate of drug-likeness (QED) is 0.906. The summed E-state index contributed by atoms with van der Waals surface area (Å²) in [6, 6.07) is 3.71. The molecule has 0 radical (unpaired) electrons. The summed E-state index contributed by atoms with van der Waals surface area (Å²) in [4.78, 5) is 6.35. The Morgan fingerprint density at radius 2 is 2.18 bits per heavy atom. The van der Waals surface area contributed by atoms with Crippen molar-refractivity contribution in [1.82, 2.24) is 20.1 Å². The molecule has 5 nitrogen and oxygen atoms in total. The Morgan fingerprint density at radius 3 is 2.86 bits per heavy atom. The summed E-state index contributed by atoms with van der Waals surface area (Å²) in [7, 11) is 0. The first-order valence-corrected chi connectivity index (χ1v) is 7.34. The van der Waals surface area contributed by atoms with Crippen LogP contribution in [0.5, 0.6) is 0 Å². The van der Waals surface area contributed by atoms with Gasteiger partial charge in [0.2, 0.25) is 0 Å². The maximum atomic E-state index is 13.4. The molecule has 0 aliphatic carbocycles. The van der Waals surface area contributed by atoms with E-state index < -0.39 is 17.7 Å². The molecule has 1 saturated heterocycles. The molecule has 2 aromatic rings. The number of aromatic amines is 1. The molecule has 22 heavy (non-hydrogen) atoms. The van der Waals surface area contributed by atoms with Crippen molar-refractivity contribution in [3.05, 3.63) is 47.0 Å². The van der Waals surface area contributed by atoms with Gasteiger partial charge in [0, 0.05) is 19.0 Å². The van der Waals surface area contributed by atoms with E-state index in [1.54, 1.807) is 6.07 Å². The number of hydrogen-bond acceptors (Lipinski definition) is 4. The van der Waals surface area contributed by atoms with E-state index >= 15 is 0 Å². The van der Waals surface area contributed by atoms with Crippen molar-refractivity contribution in [2.24, 2.45) is 0 Å². The van der Waals surface area contributed by atoms with Gasteiger partial charge in [0.1, 0.15) is 11.6 Å². The highest BCUT2D eigenvalue weighted by Gasteiger charge is 2.33. The molecule has 1 aliphatic rings. The second-order valence-electron chi connectivity index (χ2n) is 5.56. The molecule has 2 atom stereocenters. The molecule has 0 spiro atoms. The maximum Gasteiger partial charge on any atom is 0.159 e. The molecule has 1 aromatic heterocycles. The average Bonchev–Trinajstić information content (AvgIpc) is 3.09. The third kappa shape index (κ3) is 3.00. The lowest BCUT2D eigenvalue weighted by Crippen LogP contribution is -2.25. The summed E-state index contributed by atoms with van der Waals surface area (Å²) in [6.45, 7) is 2.91. The third-order valence-corrected chi connectivity index (χ3v) is 3.96. The number of aliphatic hydroxyl groups excluding tert-OH is 1. The van der Waals surface area contributed by atoms with Crippen molar-refractivity contribution in [1.29, 1.82) is 0 Å². The van der Waals surface area contributed by atoms with Crippen molar-refractivity contribution in [3.63, 3.8) is 0 Å². The van der Waals surface area contributed by atoms with Gasteiger partial charge in [0.25, 0.3) is 0 Å². The van der Waals surface area contributed by atoms with Gasteiger partial charge in [-0.15, -0.1) is 0 Å². The predicted molar refractivity (Wildman–Crippen MR) is 75.9 cm³/mol. The van der Waals surface area contributed by atoms with Crippen LogP contribution in [0.1, 0.15) is 36.6 Å². The van der Waals surface area contributed by atoms with E-state index in [1.165, 1.54) is 6.07 Å². The number of aliphatic hydroxyl groups is 1. The fourth-order valence-electron chi connectivity index (χ4n) is 2.88. The monoisotopic (exact) mass is 308 g/mol. The van der Waals surface area contributed by atoms with Crippen LogP contribution in [0.15, 0.2) is 18.2 Å². The van der Waals surface area contributed by atoms with Crippen LogP contribution in [-0.4, -0.2) is 37.8 Å². The molecule has 0 unspecified atom stereocenters. The van der Waals surface area contributed by atoms with Gasteiger partial charge in [-0.25, -0.2) is 13.8 Å². The normalized spacial score (nSPS) is 22.4. The van der Waals surface area contributed by atoms with E-state index in [2.05, 4.69) is 15.2 Å². The van der Waals surface area contributed by atoms with Crippen molar-refractivity contribution >= 4 is 0 Å². The number of aryl methyl sites for hydroxylation is 1. The Bertz CT molecular complexity index is 661. The minimum absolute atomic E-state index is 0.166. The highest BCUT2D eigenvalue weighted by atomic mass is 19.2. The van der Waals surface area contributed by atoms with Crippen LogP contribution in [-0.2, 0) is 13.0 Å². The molecule has 1 aromatic carbocycles. The summed E-state index contributed by atoms with van der Waals surface area (Å²) in [5.41, 5.74) is 0.658. The summed E-state index contributed by atoms with van der Waals surface area (Å²) in [5, 5.41) is 16.9. The highest BCUT2D eigenvalue weighted by molar-refractivity contribution is 5.23. The molecule has 0 saturated carbocycles. The molecule has 7 heteroatoms. The minimum Gasteiger partial charge on any atom is -0.392 e. The topological polar surface area (TPSA) is 65.0 Å². The number of hydrogen-bond donors (Lipinski definition) is 2. The number of rotatable bonds is 4. The first-order valence-electron chi connectivity index (χ1n) is 7.34. The van der Waals surface area contributed by atoms with Gasteiger partial charge in [0.05, 0.1) is 12.6 Å². The van der Waals surface area contributed by atoms with E-state index in [-0.39, 0.29) is 6.04 Å². The molecule has 2 N–H and O–H groups in total. The van der Waals surface area contributed by atoms with Gasteiger partial charge in [-0.2, -0.15) is 5.10 Å². The number of aromatic nitrogens is 3. The fourth-order valence-corrected chi connectivity index (χ4v) is 2.88. The zero-order valence-electron chi connectivity index (χ0n) is 12.3. The number of halogens is 2. The summed E-state index contributed by atoms with van der Waals surface area (Å²) >= 11 is 0. The van der Waals surface area contributed by atoms with Gasteiger partial charge in [-0.1, -0.05) is 13.0 Å². The third-order valence-electron chi connectivity index (χ3n) is 3.96. The van der Waals surface area contributed by atoms with Gasteiger partial charge in [-0.05, 0) is 24.1 Å². The van der Waals surface area contributed by atoms with Crippen LogP contribution in [0.4, 0.5) is 8.78 Å². The Kier molecular flexibility index (Phi) is 4.17. The highest BCUT2D eigenvalue weighted by Crippen LogP contribution is 2.33. The van der Waals surface area contributed by atoms with E-state index in [0.717, 1.165) is 18.3 Å². The first-order chi connectivity index (χ1) is 10.6. The molecule has 0 amide bonds. The van der Waals surface area contributed by atoms with Crippen LogP contribution in [0.25, 0.3) is 0 Å². The van der Waals surface area contributed by atoms with E-state index in [9.17, 15) is 13.9 Å². The van der Waals surface area contributed by atoms with E-state index in [1.807, 2.05) is 11.8 Å². The minimum atomic E-state index is -0.869. The van der Waals surface area contributed by atoms with Gasteiger partial charge >= 0.3 is 0 Å². The van der Waals surface area contributed by atoms with Crippen molar-refractivity contribution in [2.75, 3.05) is 6.54 Å². The van der Waals surface area contributed by atoms with Crippen molar-refractivity contribution in [3.8, 4) is 0 Å². The maximum absolute atomic E-state index is 13.4. The smallest absolute Gasteiger partial charge is 0.159 e. The number of benzene rings is 1. The van der Waals surface area contributed by atoms with Gasteiger partial charge < -0.3 is 5.11 Å². The molecule has 1 aliphatic heterocycles. The van der Waals surface area contributed by atoms with Crippen LogP contribution in [0.2, 0.25) is 0 Å². The zero-order valence-corrected chi connectivity index (χ0v) is 12.3. The summed E-state index contributed by atoms with van der Waals surface area (Å²) in [6.07, 6.45) is 0.734. The first kappa shape index (κ1) is 15.1. The largest absolute Gasteiger partial charge is 0.392 e. The standard InChI is InChI=1S/C15H18F2N4O/c1-2-14-18-15(20-19-14)8-21-7-10(22)6-13(21)9-3-4-11(16)12(17)5-9/h3-5,10,13,22H,2,6-8H2,1H3,(H,18,19,20)/t10-,13-/m0/s1. The number of β-amino-alcohol motifs (C(OH)–C–C–N with tert-alkyl or cyclic N) is 1. The Hall–Kier alpha value is -1.86. The Morgan fingerprint density at radius 1 is 1.36 bits per heavy atom. The Balaban J connectivity index is 1.80. The van der Waals surface area contributed by atoms with Crippen LogP contribution >= 0.6 is 0 Å². The molecule has 0 bridgehead atoms. The number of nitrogens with zero attached hydrogens (tertiary/aromatic N) is 3.